The third kappa shape index (κ3) is 5.11. The molecule has 0 radical (unpaired) electrons. The van der Waals surface area contributed by atoms with Crippen LogP contribution < -0.4 is 10.1 Å². The van der Waals surface area contributed by atoms with Gasteiger partial charge in [-0.1, -0.05) is 6.07 Å². The predicted molar refractivity (Wildman–Crippen MR) is 110 cm³/mol. The normalized spacial score (nSPS) is 11.4. The highest BCUT2D eigenvalue weighted by Gasteiger charge is 2.31. The number of hydrogen-bond donors (Lipinski definition) is 2. The number of aromatic nitrogens is 5. The van der Waals surface area contributed by atoms with Crippen LogP contribution in [0.5, 0.6) is 11.6 Å². The molecule has 33 heavy (non-hydrogen) atoms. The molecule has 168 valence electrons. The molecular formula is C21H15F3N6O3. The summed E-state index contributed by atoms with van der Waals surface area (Å²) < 4.78 is 44.0. The van der Waals surface area contributed by atoms with Gasteiger partial charge in [0.1, 0.15) is 23.2 Å². The van der Waals surface area contributed by atoms with Crippen molar-refractivity contribution in [3.05, 3.63) is 71.9 Å². The van der Waals surface area contributed by atoms with Crippen LogP contribution in [0.3, 0.4) is 0 Å². The quantitative estimate of drug-likeness (QED) is 0.425. The summed E-state index contributed by atoms with van der Waals surface area (Å²) in [6, 6.07) is 5.90. The highest BCUT2D eigenvalue weighted by molar-refractivity contribution is 5.91. The molecule has 0 aliphatic rings. The number of rotatable bonds is 7. The van der Waals surface area contributed by atoms with Gasteiger partial charge in [0.05, 0.1) is 5.56 Å². The van der Waals surface area contributed by atoms with Gasteiger partial charge in [-0.3, -0.25) is 0 Å². The van der Waals surface area contributed by atoms with Crippen LogP contribution in [0.15, 0.2) is 55.2 Å². The minimum Gasteiger partial charge on any atom is -0.478 e. The fraction of sp³-hybridized carbons (Fsp3) is 0.143. The number of ether oxygens (including phenoxy) is 1. The third-order valence-electron chi connectivity index (χ3n) is 4.53. The molecule has 0 aliphatic heterocycles. The number of halogens is 3. The van der Waals surface area contributed by atoms with E-state index in [1.807, 2.05) is 0 Å². The first-order valence-electron chi connectivity index (χ1n) is 9.54. The van der Waals surface area contributed by atoms with E-state index in [0.717, 1.165) is 12.3 Å². The van der Waals surface area contributed by atoms with Crippen LogP contribution in [0.4, 0.5) is 19.0 Å². The number of benzene rings is 1. The number of aromatic carboxylic acids is 1. The number of carboxylic acid groups (broad SMARTS) is 1. The Balaban J connectivity index is 1.49. The van der Waals surface area contributed by atoms with Crippen LogP contribution >= 0.6 is 0 Å². The molecule has 0 aliphatic carbocycles. The van der Waals surface area contributed by atoms with Gasteiger partial charge in [-0.05, 0) is 30.2 Å². The standard InChI is InChI=1S/C21H15F3N6O3/c22-21(23,24)13-4-6-25-16(10-13)33-15-2-1-12(9-14(15)20(31)32)3-5-27-18-17-19(30-11-29-18)28-8-7-26-17/h1-2,4,6-11H,3,5H2,(H,31,32)(H,27,28,29,30). The molecular weight excluding hydrogens is 441 g/mol. The highest BCUT2D eigenvalue weighted by atomic mass is 19.4. The lowest BCUT2D eigenvalue weighted by molar-refractivity contribution is -0.137. The van der Waals surface area contributed by atoms with Gasteiger partial charge in [-0.25, -0.2) is 29.7 Å². The van der Waals surface area contributed by atoms with Crippen molar-refractivity contribution < 1.29 is 27.8 Å². The molecule has 4 rings (SSSR count). The molecule has 0 bridgehead atoms. The summed E-state index contributed by atoms with van der Waals surface area (Å²) >= 11 is 0. The largest absolute Gasteiger partial charge is 0.478 e. The SMILES string of the molecule is O=C(O)c1cc(CCNc2ncnc3nccnc23)ccc1Oc1cc(C(F)(F)F)ccn1. The molecule has 0 atom stereocenters. The molecule has 0 saturated carbocycles. The van der Waals surface area contributed by atoms with E-state index in [4.69, 9.17) is 4.74 Å². The van der Waals surface area contributed by atoms with E-state index in [1.165, 1.54) is 30.9 Å². The van der Waals surface area contributed by atoms with Crippen LogP contribution in [0.1, 0.15) is 21.5 Å². The van der Waals surface area contributed by atoms with E-state index in [0.29, 0.717) is 41.6 Å². The maximum atomic E-state index is 12.9. The maximum absolute atomic E-state index is 12.9. The average molecular weight is 456 g/mol. The zero-order valence-corrected chi connectivity index (χ0v) is 16.7. The van der Waals surface area contributed by atoms with Crippen molar-refractivity contribution >= 4 is 23.0 Å². The number of nitrogens with zero attached hydrogens (tertiary/aromatic N) is 5. The first-order chi connectivity index (χ1) is 15.8. The van der Waals surface area contributed by atoms with E-state index >= 15 is 0 Å². The first-order valence-corrected chi connectivity index (χ1v) is 9.54. The van der Waals surface area contributed by atoms with Crippen LogP contribution in [0, 0.1) is 0 Å². The number of anilines is 1. The molecule has 0 spiro atoms. The molecule has 9 nitrogen and oxygen atoms in total. The van der Waals surface area contributed by atoms with Crippen molar-refractivity contribution in [2.45, 2.75) is 12.6 Å². The van der Waals surface area contributed by atoms with Crippen molar-refractivity contribution in [3.8, 4) is 11.6 Å². The minimum atomic E-state index is -4.58. The van der Waals surface area contributed by atoms with E-state index in [9.17, 15) is 23.1 Å². The Labute approximate surface area is 184 Å². The molecule has 0 fully saturated rings. The molecule has 3 aromatic heterocycles. The van der Waals surface area contributed by atoms with Crippen molar-refractivity contribution in [2.75, 3.05) is 11.9 Å². The van der Waals surface area contributed by atoms with Gasteiger partial charge in [-0.15, -0.1) is 0 Å². The van der Waals surface area contributed by atoms with E-state index in [-0.39, 0.29) is 17.2 Å². The van der Waals surface area contributed by atoms with Crippen molar-refractivity contribution in [2.24, 2.45) is 0 Å². The number of alkyl halides is 3. The lowest BCUT2D eigenvalue weighted by Crippen LogP contribution is -2.09. The maximum Gasteiger partial charge on any atom is 0.416 e. The average Bonchev–Trinajstić information content (AvgIpc) is 2.79. The number of hydrogen-bond acceptors (Lipinski definition) is 8. The minimum absolute atomic E-state index is 0.122. The summed E-state index contributed by atoms with van der Waals surface area (Å²) in [6.07, 6.45) is 1.19. The molecule has 12 heteroatoms. The summed E-state index contributed by atoms with van der Waals surface area (Å²) in [5, 5.41) is 12.7. The van der Waals surface area contributed by atoms with Crippen molar-refractivity contribution in [3.63, 3.8) is 0 Å². The Morgan fingerprint density at radius 2 is 1.82 bits per heavy atom. The second-order valence-corrected chi connectivity index (χ2v) is 6.75. The van der Waals surface area contributed by atoms with Gasteiger partial charge >= 0.3 is 12.1 Å². The lowest BCUT2D eigenvalue weighted by Gasteiger charge is -2.12. The Morgan fingerprint density at radius 3 is 2.61 bits per heavy atom. The summed E-state index contributed by atoms with van der Waals surface area (Å²) in [5.41, 5.74) is 0.448. The van der Waals surface area contributed by atoms with Gasteiger partial charge in [0.2, 0.25) is 5.88 Å². The monoisotopic (exact) mass is 456 g/mol. The van der Waals surface area contributed by atoms with Gasteiger partial charge in [-0.2, -0.15) is 13.2 Å². The van der Waals surface area contributed by atoms with Crippen LogP contribution in [0.2, 0.25) is 0 Å². The molecule has 1 aromatic carbocycles. The van der Waals surface area contributed by atoms with E-state index < -0.39 is 17.7 Å². The van der Waals surface area contributed by atoms with Gasteiger partial charge in [0.25, 0.3) is 0 Å². The molecule has 2 N–H and O–H groups in total. The van der Waals surface area contributed by atoms with Gasteiger partial charge in [0.15, 0.2) is 11.5 Å². The summed E-state index contributed by atoms with van der Waals surface area (Å²) in [6.45, 7) is 0.400. The second kappa shape index (κ2) is 9.02. The fourth-order valence-electron chi connectivity index (χ4n) is 2.99. The molecule has 0 saturated heterocycles. The second-order valence-electron chi connectivity index (χ2n) is 6.75. The van der Waals surface area contributed by atoms with Crippen molar-refractivity contribution in [1.29, 1.82) is 0 Å². The number of carbonyl (C=O) groups is 1. The highest BCUT2D eigenvalue weighted by Crippen LogP contribution is 2.32. The zero-order chi connectivity index (χ0) is 23.4. The Hall–Kier alpha value is -4.35. The molecule has 4 aromatic rings. The summed E-state index contributed by atoms with van der Waals surface area (Å²) in [5.74, 6) is -1.28. The topological polar surface area (TPSA) is 123 Å². The van der Waals surface area contributed by atoms with Gasteiger partial charge < -0.3 is 15.2 Å². The van der Waals surface area contributed by atoms with Crippen LogP contribution in [-0.4, -0.2) is 42.5 Å². The number of carboxylic acids is 1. The van der Waals surface area contributed by atoms with E-state index in [2.05, 4.69) is 30.2 Å². The molecule has 0 amide bonds. The summed E-state index contributed by atoms with van der Waals surface area (Å²) in [4.78, 5) is 31.9. The first kappa shape index (κ1) is 21.9. The van der Waals surface area contributed by atoms with Crippen molar-refractivity contribution in [1.82, 2.24) is 24.9 Å². The smallest absolute Gasteiger partial charge is 0.416 e. The Morgan fingerprint density at radius 1 is 1.00 bits per heavy atom. The Bertz CT molecular complexity index is 1310. The van der Waals surface area contributed by atoms with Gasteiger partial charge in [0, 0.05) is 31.2 Å². The summed E-state index contributed by atoms with van der Waals surface area (Å²) in [7, 11) is 0. The van der Waals surface area contributed by atoms with Crippen LogP contribution in [0.25, 0.3) is 11.2 Å². The Kier molecular flexibility index (Phi) is 5.98. The third-order valence-corrected chi connectivity index (χ3v) is 4.53. The predicted octanol–water partition coefficient (Wildman–Crippen LogP) is 3.98. The zero-order valence-electron chi connectivity index (χ0n) is 16.7. The fourth-order valence-corrected chi connectivity index (χ4v) is 2.99. The van der Waals surface area contributed by atoms with Crippen LogP contribution in [-0.2, 0) is 12.6 Å². The number of pyridine rings is 1. The number of fused-ring (bicyclic) bond motifs is 1. The molecule has 0 unspecified atom stereocenters. The van der Waals surface area contributed by atoms with E-state index in [1.54, 1.807) is 6.07 Å². The molecule has 3 heterocycles. The lowest BCUT2D eigenvalue weighted by atomic mass is 10.1. The number of nitrogens with one attached hydrogen (secondary N) is 1.